The fourth-order valence-electron chi connectivity index (χ4n) is 5.44. The first-order valence-corrected chi connectivity index (χ1v) is 14.3. The van der Waals surface area contributed by atoms with E-state index < -0.39 is 40.8 Å². The third kappa shape index (κ3) is 6.03. The summed E-state index contributed by atoms with van der Waals surface area (Å²) in [7, 11) is 0. The van der Waals surface area contributed by atoms with E-state index in [4.69, 9.17) is 4.74 Å². The van der Waals surface area contributed by atoms with Gasteiger partial charge < -0.3 is 10.1 Å². The molecule has 2 aromatic heterocycles. The lowest BCUT2D eigenvalue weighted by molar-refractivity contribution is -0.137. The van der Waals surface area contributed by atoms with Crippen molar-refractivity contribution in [3.05, 3.63) is 68.7 Å². The quantitative estimate of drug-likeness (QED) is 0.433. The Morgan fingerprint density at radius 1 is 1.00 bits per heavy atom. The molecular weight excluding hydrogens is 552 g/mol. The number of rotatable bonds is 6. The number of benzene rings is 1. The van der Waals surface area contributed by atoms with Crippen molar-refractivity contribution >= 4 is 28.7 Å². The largest absolute Gasteiger partial charge is 0.484 e. The maximum absolute atomic E-state index is 14.1. The highest BCUT2D eigenvalue weighted by atomic mass is 32.2. The molecule has 1 N–H and O–H groups in total. The van der Waals surface area contributed by atoms with Crippen LogP contribution in [0, 0.1) is 5.82 Å². The molecule has 2 fully saturated rings. The zero-order chi connectivity index (χ0) is 28.4. The van der Waals surface area contributed by atoms with Crippen LogP contribution in [0.4, 0.5) is 17.6 Å². The third-order valence-electron chi connectivity index (χ3n) is 7.46. The van der Waals surface area contributed by atoms with Crippen LogP contribution in [0.1, 0.15) is 56.2 Å². The lowest BCUT2D eigenvalue weighted by Crippen LogP contribution is -2.47. The number of aromatic nitrogens is 3. The van der Waals surface area contributed by atoms with Crippen LogP contribution in [0.25, 0.3) is 11.0 Å². The predicted molar refractivity (Wildman–Crippen MR) is 142 cm³/mol. The summed E-state index contributed by atoms with van der Waals surface area (Å²) in [4.78, 5) is 43.6. The van der Waals surface area contributed by atoms with Crippen molar-refractivity contribution in [2.24, 2.45) is 0 Å². The fraction of sp³-hybridized carbons (Fsp3) is 0.481. The summed E-state index contributed by atoms with van der Waals surface area (Å²) in [6.45, 7) is -0.363. The SMILES string of the molecule is O=C(COc1ccc(C(F)(F)F)cc1)N[C@H]1CC[C@@H](n2c(=O)c3cc(F)cnc3n(C3CCSCC3)c2=O)CC1. The van der Waals surface area contributed by atoms with Crippen LogP contribution in [0.15, 0.2) is 46.1 Å². The first kappa shape index (κ1) is 28.2. The summed E-state index contributed by atoms with van der Waals surface area (Å²) in [5, 5.41) is 2.93. The maximum Gasteiger partial charge on any atom is 0.416 e. The van der Waals surface area contributed by atoms with Crippen LogP contribution in [-0.2, 0) is 11.0 Å². The Morgan fingerprint density at radius 2 is 1.65 bits per heavy atom. The number of hydrogen-bond acceptors (Lipinski definition) is 6. The number of alkyl halides is 3. The van der Waals surface area contributed by atoms with Gasteiger partial charge in [-0.1, -0.05) is 0 Å². The zero-order valence-corrected chi connectivity index (χ0v) is 22.3. The number of carbonyl (C=O) groups excluding carboxylic acids is 1. The summed E-state index contributed by atoms with van der Waals surface area (Å²) in [6.07, 6.45) is -0.0152. The molecule has 40 heavy (non-hydrogen) atoms. The Balaban J connectivity index is 1.25. The fourth-order valence-corrected chi connectivity index (χ4v) is 6.52. The number of pyridine rings is 1. The molecule has 0 bridgehead atoms. The average molecular weight is 581 g/mol. The maximum atomic E-state index is 14.1. The molecule has 214 valence electrons. The van der Waals surface area contributed by atoms with Crippen LogP contribution in [0.2, 0.25) is 0 Å². The monoisotopic (exact) mass is 580 g/mol. The van der Waals surface area contributed by atoms with E-state index in [9.17, 15) is 31.9 Å². The van der Waals surface area contributed by atoms with Crippen molar-refractivity contribution in [3.8, 4) is 5.75 Å². The van der Waals surface area contributed by atoms with E-state index in [2.05, 4.69) is 10.3 Å². The summed E-state index contributed by atoms with van der Waals surface area (Å²) >= 11 is 1.80. The minimum absolute atomic E-state index is 0.0775. The summed E-state index contributed by atoms with van der Waals surface area (Å²) < 4.78 is 60.3. The van der Waals surface area contributed by atoms with E-state index in [0.29, 0.717) is 25.7 Å². The van der Waals surface area contributed by atoms with Crippen LogP contribution in [0.3, 0.4) is 0 Å². The van der Waals surface area contributed by atoms with Crippen LogP contribution in [0.5, 0.6) is 5.75 Å². The second-order valence-corrected chi connectivity index (χ2v) is 11.3. The number of carbonyl (C=O) groups is 1. The number of fused-ring (bicyclic) bond motifs is 1. The molecule has 3 heterocycles. The van der Waals surface area contributed by atoms with Crippen molar-refractivity contribution in [1.29, 1.82) is 0 Å². The van der Waals surface area contributed by atoms with E-state index in [1.54, 1.807) is 16.3 Å². The minimum Gasteiger partial charge on any atom is -0.484 e. The molecule has 5 rings (SSSR count). The Labute approximate surface area is 230 Å². The second kappa shape index (κ2) is 11.6. The molecule has 0 radical (unpaired) electrons. The van der Waals surface area contributed by atoms with Gasteiger partial charge in [-0.2, -0.15) is 24.9 Å². The number of amides is 1. The van der Waals surface area contributed by atoms with Gasteiger partial charge in [-0.05, 0) is 80.4 Å². The summed E-state index contributed by atoms with van der Waals surface area (Å²) in [5.74, 6) is 0.829. The van der Waals surface area contributed by atoms with Crippen molar-refractivity contribution in [1.82, 2.24) is 19.4 Å². The number of nitrogens with one attached hydrogen (secondary N) is 1. The van der Waals surface area contributed by atoms with E-state index in [-0.39, 0.29) is 35.5 Å². The lowest BCUT2D eigenvalue weighted by Gasteiger charge is -2.31. The van der Waals surface area contributed by atoms with Gasteiger partial charge in [0.15, 0.2) is 6.61 Å². The molecular formula is C27H28F4N4O4S. The minimum atomic E-state index is -4.46. The van der Waals surface area contributed by atoms with Gasteiger partial charge in [-0.25, -0.2) is 14.2 Å². The molecule has 8 nitrogen and oxygen atoms in total. The lowest BCUT2D eigenvalue weighted by atomic mass is 9.91. The number of nitrogens with zero attached hydrogens (tertiary/aromatic N) is 3. The number of ether oxygens (including phenoxy) is 1. The van der Waals surface area contributed by atoms with E-state index in [1.165, 1.54) is 4.57 Å². The third-order valence-corrected chi connectivity index (χ3v) is 8.51. The van der Waals surface area contributed by atoms with Gasteiger partial charge in [0.1, 0.15) is 17.2 Å². The summed E-state index contributed by atoms with van der Waals surface area (Å²) in [5.41, 5.74) is -1.60. The molecule has 1 aliphatic heterocycles. The Kier molecular flexibility index (Phi) is 8.20. The van der Waals surface area contributed by atoms with E-state index in [0.717, 1.165) is 60.9 Å². The first-order chi connectivity index (χ1) is 19.1. The number of thioether (sulfide) groups is 1. The normalized spacial score (nSPS) is 20.4. The van der Waals surface area contributed by atoms with E-state index >= 15 is 0 Å². The van der Waals surface area contributed by atoms with Gasteiger partial charge in [0, 0.05) is 18.1 Å². The van der Waals surface area contributed by atoms with Gasteiger partial charge in [0.2, 0.25) is 0 Å². The molecule has 3 aromatic rings. The molecule has 1 saturated heterocycles. The highest BCUT2D eigenvalue weighted by Crippen LogP contribution is 2.31. The van der Waals surface area contributed by atoms with Gasteiger partial charge in [-0.3, -0.25) is 18.7 Å². The van der Waals surface area contributed by atoms with Crippen molar-refractivity contribution in [2.45, 2.75) is 62.8 Å². The second-order valence-electron chi connectivity index (χ2n) is 10.1. The van der Waals surface area contributed by atoms with Crippen LogP contribution in [-0.4, -0.2) is 44.2 Å². The number of hydrogen-bond donors (Lipinski definition) is 1. The molecule has 0 unspecified atom stereocenters. The van der Waals surface area contributed by atoms with Crippen LogP contribution < -0.4 is 21.3 Å². The molecule has 0 atom stereocenters. The molecule has 0 spiro atoms. The standard InChI is InChI=1S/C27H28F4N4O4S/c28-17-13-22-24(32-14-17)34(20-9-11-40-12-10-20)26(38)35(25(22)37)19-5-3-18(4-6-19)33-23(36)15-39-21-7-1-16(2-8-21)27(29,30)31/h1-2,7-8,13-14,18-20H,3-6,9-12,15H2,(H,33,36)/t18-,19+. The molecule has 1 aromatic carbocycles. The van der Waals surface area contributed by atoms with Crippen molar-refractivity contribution < 1.29 is 27.1 Å². The molecule has 2 aliphatic rings. The van der Waals surface area contributed by atoms with Crippen LogP contribution >= 0.6 is 11.8 Å². The van der Waals surface area contributed by atoms with Crippen molar-refractivity contribution in [3.63, 3.8) is 0 Å². The van der Waals surface area contributed by atoms with Gasteiger partial charge in [0.25, 0.3) is 11.5 Å². The van der Waals surface area contributed by atoms with Gasteiger partial charge in [0.05, 0.1) is 17.1 Å². The zero-order valence-electron chi connectivity index (χ0n) is 21.5. The molecule has 1 amide bonds. The predicted octanol–water partition coefficient (Wildman–Crippen LogP) is 4.46. The van der Waals surface area contributed by atoms with Crippen molar-refractivity contribution in [2.75, 3.05) is 18.1 Å². The van der Waals surface area contributed by atoms with E-state index in [1.807, 2.05) is 0 Å². The smallest absolute Gasteiger partial charge is 0.416 e. The van der Waals surface area contributed by atoms with Gasteiger partial charge >= 0.3 is 11.9 Å². The molecule has 13 heteroatoms. The topological polar surface area (TPSA) is 95.2 Å². The highest BCUT2D eigenvalue weighted by Gasteiger charge is 2.31. The molecule has 1 aliphatic carbocycles. The van der Waals surface area contributed by atoms with Gasteiger partial charge in [-0.15, -0.1) is 0 Å². The Morgan fingerprint density at radius 3 is 2.30 bits per heavy atom. The Hall–Kier alpha value is -3.35. The Bertz CT molecular complexity index is 1490. The highest BCUT2D eigenvalue weighted by molar-refractivity contribution is 7.99. The number of halogens is 4. The summed E-state index contributed by atoms with van der Waals surface area (Å²) in [6, 6.07) is 4.47. The first-order valence-electron chi connectivity index (χ1n) is 13.1. The average Bonchev–Trinajstić information content (AvgIpc) is 2.94. The molecule has 1 saturated carbocycles.